The van der Waals surface area contributed by atoms with Crippen LogP contribution in [0.15, 0.2) is 42.5 Å². The summed E-state index contributed by atoms with van der Waals surface area (Å²) in [4.78, 5) is 34.3. The lowest BCUT2D eigenvalue weighted by molar-refractivity contribution is -0.384. The van der Waals surface area contributed by atoms with Crippen molar-refractivity contribution in [2.45, 2.75) is 13.5 Å². The number of methoxy groups -OCH3 is 1. The molecule has 2 rings (SSSR count). The van der Waals surface area contributed by atoms with Gasteiger partial charge >= 0.3 is 11.9 Å². The van der Waals surface area contributed by atoms with Crippen LogP contribution in [-0.2, 0) is 16.1 Å². The van der Waals surface area contributed by atoms with Crippen molar-refractivity contribution in [2.24, 2.45) is 0 Å². The highest BCUT2D eigenvalue weighted by molar-refractivity contribution is 5.96. The van der Waals surface area contributed by atoms with E-state index >= 15 is 0 Å². The number of carbonyl (C=O) groups is 2. The Hall–Kier alpha value is -3.42. The van der Waals surface area contributed by atoms with Crippen molar-refractivity contribution in [3.8, 4) is 5.75 Å². The van der Waals surface area contributed by atoms with Crippen LogP contribution in [0.5, 0.6) is 5.75 Å². The molecule has 0 spiro atoms. The molecule has 0 aliphatic heterocycles. The van der Waals surface area contributed by atoms with E-state index in [4.69, 9.17) is 9.47 Å². The molecule has 8 nitrogen and oxygen atoms in total. The zero-order chi connectivity index (χ0) is 19.1. The van der Waals surface area contributed by atoms with Crippen LogP contribution in [-0.4, -0.2) is 30.6 Å². The average Bonchev–Trinajstić information content (AvgIpc) is 2.66. The predicted molar refractivity (Wildman–Crippen MR) is 91.2 cm³/mol. The molecule has 0 radical (unpaired) electrons. The molecule has 8 heteroatoms. The van der Waals surface area contributed by atoms with Gasteiger partial charge in [0.15, 0.2) is 0 Å². The molecule has 0 saturated heterocycles. The first-order valence-electron chi connectivity index (χ1n) is 7.72. The van der Waals surface area contributed by atoms with Crippen molar-refractivity contribution in [1.29, 1.82) is 0 Å². The minimum absolute atomic E-state index is 0.0781. The molecule has 2 aromatic carbocycles. The highest BCUT2D eigenvalue weighted by atomic mass is 16.6. The molecule has 0 aromatic heterocycles. The van der Waals surface area contributed by atoms with E-state index in [1.54, 1.807) is 24.3 Å². The first-order chi connectivity index (χ1) is 12.5. The summed E-state index contributed by atoms with van der Waals surface area (Å²) in [5.74, 6) is -1.01. The number of nitrogens with zero attached hydrogens (tertiary/aromatic N) is 1. The topological polar surface area (TPSA) is 105 Å². The number of para-hydroxylation sites is 1. The molecule has 0 amide bonds. The van der Waals surface area contributed by atoms with Gasteiger partial charge in [-0.25, -0.2) is 9.59 Å². The van der Waals surface area contributed by atoms with E-state index in [9.17, 15) is 19.7 Å². The summed E-state index contributed by atoms with van der Waals surface area (Å²) in [6, 6.07) is 10.3. The van der Waals surface area contributed by atoms with Crippen molar-refractivity contribution >= 4 is 17.6 Å². The minimum Gasteiger partial charge on any atom is -0.493 e. The van der Waals surface area contributed by atoms with Gasteiger partial charge < -0.3 is 14.2 Å². The average molecular weight is 359 g/mol. The first kappa shape index (κ1) is 18.9. The van der Waals surface area contributed by atoms with Gasteiger partial charge in [-0.3, -0.25) is 10.1 Å². The summed E-state index contributed by atoms with van der Waals surface area (Å²) >= 11 is 0. The van der Waals surface area contributed by atoms with Crippen LogP contribution in [0.25, 0.3) is 0 Å². The Morgan fingerprint density at radius 2 is 1.73 bits per heavy atom. The predicted octanol–water partition coefficient (Wildman–Crippen LogP) is 3.14. The summed E-state index contributed by atoms with van der Waals surface area (Å²) in [5, 5.41) is 11.0. The highest BCUT2D eigenvalue weighted by Gasteiger charge is 2.19. The highest BCUT2D eigenvalue weighted by Crippen LogP contribution is 2.22. The second kappa shape index (κ2) is 8.61. The van der Waals surface area contributed by atoms with Gasteiger partial charge in [-0.1, -0.05) is 18.2 Å². The van der Waals surface area contributed by atoms with Crippen molar-refractivity contribution < 1.29 is 28.7 Å². The van der Waals surface area contributed by atoms with Gasteiger partial charge in [0.05, 0.1) is 29.8 Å². The van der Waals surface area contributed by atoms with Gasteiger partial charge in [0.1, 0.15) is 12.4 Å². The molecule has 0 unspecified atom stereocenters. The lowest BCUT2D eigenvalue weighted by atomic mass is 10.1. The number of carbonyl (C=O) groups excluding carboxylic acids is 2. The number of nitro groups is 1. The molecule has 136 valence electrons. The normalized spacial score (nSPS) is 10.1. The molecule has 0 heterocycles. The Kier molecular flexibility index (Phi) is 6.26. The third-order valence-corrected chi connectivity index (χ3v) is 3.42. The molecule has 0 N–H and O–H groups in total. The lowest BCUT2D eigenvalue weighted by Crippen LogP contribution is -2.10. The Labute approximate surface area is 149 Å². The summed E-state index contributed by atoms with van der Waals surface area (Å²) in [6.07, 6.45) is 0. The van der Waals surface area contributed by atoms with Crippen LogP contribution in [0.4, 0.5) is 5.69 Å². The maximum atomic E-state index is 12.3. The van der Waals surface area contributed by atoms with E-state index < -0.39 is 22.5 Å². The van der Waals surface area contributed by atoms with Crippen LogP contribution < -0.4 is 4.74 Å². The van der Waals surface area contributed by atoms with Crippen molar-refractivity contribution in [3.05, 3.63) is 69.3 Å². The van der Waals surface area contributed by atoms with E-state index in [1.807, 2.05) is 6.92 Å². The van der Waals surface area contributed by atoms with Gasteiger partial charge in [-0.2, -0.15) is 0 Å². The van der Waals surface area contributed by atoms with Crippen LogP contribution in [0, 0.1) is 10.1 Å². The largest absolute Gasteiger partial charge is 0.493 e. The van der Waals surface area contributed by atoms with Crippen LogP contribution in [0.1, 0.15) is 33.2 Å². The lowest BCUT2D eigenvalue weighted by Gasteiger charge is -2.11. The third kappa shape index (κ3) is 4.56. The second-order valence-corrected chi connectivity index (χ2v) is 5.13. The van der Waals surface area contributed by atoms with Crippen molar-refractivity contribution in [2.75, 3.05) is 13.7 Å². The fourth-order valence-corrected chi connectivity index (χ4v) is 2.22. The molecule has 2 aromatic rings. The monoisotopic (exact) mass is 359 g/mol. The number of nitro benzene ring substituents is 1. The smallest absolute Gasteiger partial charge is 0.338 e. The van der Waals surface area contributed by atoms with Gasteiger partial charge in [0.2, 0.25) is 0 Å². The summed E-state index contributed by atoms with van der Waals surface area (Å²) in [7, 11) is 1.14. The maximum absolute atomic E-state index is 12.3. The number of hydrogen-bond donors (Lipinski definition) is 0. The molecule has 0 bridgehead atoms. The second-order valence-electron chi connectivity index (χ2n) is 5.13. The number of non-ortho nitro benzene ring substituents is 1. The first-order valence-corrected chi connectivity index (χ1v) is 7.72. The number of esters is 2. The van der Waals surface area contributed by atoms with E-state index in [0.29, 0.717) is 17.9 Å². The number of ether oxygens (including phenoxy) is 3. The molecule has 0 fully saturated rings. The van der Waals surface area contributed by atoms with E-state index in [2.05, 4.69) is 4.74 Å². The molecule has 0 atom stereocenters. The Morgan fingerprint density at radius 3 is 2.35 bits per heavy atom. The quantitative estimate of drug-likeness (QED) is 0.425. The zero-order valence-corrected chi connectivity index (χ0v) is 14.3. The molecular weight excluding hydrogens is 342 g/mol. The summed E-state index contributed by atoms with van der Waals surface area (Å²) in [5.41, 5.74) is 0.0211. The molecule has 26 heavy (non-hydrogen) atoms. The number of hydrogen-bond acceptors (Lipinski definition) is 7. The molecule has 0 saturated carbocycles. The summed E-state index contributed by atoms with van der Waals surface area (Å²) < 4.78 is 15.2. The standard InChI is InChI=1S/C18H17NO7/c1-3-25-16-7-5-4-6-12(16)11-26-18(21)14-8-13(17(20)24-2)9-15(10-14)19(22)23/h4-10H,3,11H2,1-2H3. The van der Waals surface area contributed by atoms with E-state index in [1.165, 1.54) is 6.07 Å². The Balaban J connectivity index is 2.23. The minimum atomic E-state index is -0.801. The van der Waals surface area contributed by atoms with Crippen molar-refractivity contribution in [1.82, 2.24) is 0 Å². The fraction of sp³-hybridized carbons (Fsp3) is 0.222. The van der Waals surface area contributed by atoms with Crippen LogP contribution >= 0.6 is 0 Å². The third-order valence-electron chi connectivity index (χ3n) is 3.42. The zero-order valence-electron chi connectivity index (χ0n) is 14.3. The van der Waals surface area contributed by atoms with Gasteiger partial charge in [0, 0.05) is 17.7 Å². The van der Waals surface area contributed by atoms with E-state index in [-0.39, 0.29) is 17.7 Å². The number of benzene rings is 2. The SMILES string of the molecule is CCOc1ccccc1COC(=O)c1cc(C(=O)OC)cc([N+](=O)[O-])c1. The summed E-state index contributed by atoms with van der Waals surface area (Å²) in [6.45, 7) is 2.21. The van der Waals surface area contributed by atoms with Crippen LogP contribution in [0.3, 0.4) is 0 Å². The fourth-order valence-electron chi connectivity index (χ4n) is 2.22. The molecule has 0 aliphatic rings. The van der Waals surface area contributed by atoms with Gasteiger partial charge in [-0.15, -0.1) is 0 Å². The molecular formula is C18H17NO7. The maximum Gasteiger partial charge on any atom is 0.338 e. The van der Waals surface area contributed by atoms with Crippen molar-refractivity contribution in [3.63, 3.8) is 0 Å². The Bertz CT molecular complexity index is 832. The van der Waals surface area contributed by atoms with Crippen LogP contribution in [0.2, 0.25) is 0 Å². The van der Waals surface area contributed by atoms with Gasteiger partial charge in [0.25, 0.3) is 5.69 Å². The van der Waals surface area contributed by atoms with Gasteiger partial charge in [-0.05, 0) is 19.1 Å². The Morgan fingerprint density at radius 1 is 1.08 bits per heavy atom. The number of rotatable bonds is 7. The molecule has 0 aliphatic carbocycles. The van der Waals surface area contributed by atoms with E-state index in [0.717, 1.165) is 19.2 Å².